The largest absolute Gasteiger partial charge is 0.503 e. The first-order chi connectivity index (χ1) is 8.77. The molecule has 0 fully saturated rings. The van der Waals surface area contributed by atoms with Gasteiger partial charge >= 0.3 is 5.97 Å². The number of ether oxygens (including phenoxy) is 1. The number of hydrogen-bond acceptors (Lipinski definition) is 5. The van der Waals surface area contributed by atoms with Crippen LogP contribution in [0.3, 0.4) is 0 Å². The van der Waals surface area contributed by atoms with Gasteiger partial charge in [0, 0.05) is 6.21 Å². The van der Waals surface area contributed by atoms with E-state index in [0.29, 0.717) is 18.5 Å². The predicted octanol–water partition coefficient (Wildman–Crippen LogP) is 2.42. The molecule has 19 heavy (non-hydrogen) atoms. The van der Waals surface area contributed by atoms with Crippen LogP contribution in [0.25, 0.3) is 0 Å². The van der Waals surface area contributed by atoms with Crippen molar-refractivity contribution in [1.29, 1.82) is 0 Å². The van der Waals surface area contributed by atoms with E-state index in [1.54, 1.807) is 20.8 Å². The zero-order chi connectivity index (χ0) is 14.6. The van der Waals surface area contributed by atoms with E-state index in [0.717, 1.165) is 0 Å². The molecule has 0 spiro atoms. The third-order valence-corrected chi connectivity index (χ3v) is 2.86. The van der Waals surface area contributed by atoms with Gasteiger partial charge in [0.15, 0.2) is 5.76 Å². The highest BCUT2D eigenvalue weighted by Crippen LogP contribution is 2.21. The molecule has 0 aromatic heterocycles. The molecule has 0 aromatic rings. The first kappa shape index (κ1) is 15.4. The average molecular weight is 267 g/mol. The van der Waals surface area contributed by atoms with Crippen molar-refractivity contribution in [3.05, 3.63) is 11.5 Å². The van der Waals surface area contributed by atoms with Crippen molar-refractivity contribution in [1.82, 2.24) is 0 Å². The molecule has 1 rings (SSSR count). The van der Waals surface area contributed by atoms with Gasteiger partial charge in [-0.15, -0.1) is 0 Å². The van der Waals surface area contributed by atoms with Gasteiger partial charge in [-0.2, -0.15) is 0 Å². The van der Waals surface area contributed by atoms with Crippen molar-refractivity contribution in [3.8, 4) is 0 Å². The highest BCUT2D eigenvalue weighted by atomic mass is 16.5. The molecular weight excluding hydrogens is 246 g/mol. The number of nitrogens with zero attached hydrogens (tertiary/aromatic N) is 1. The highest BCUT2D eigenvalue weighted by Gasteiger charge is 2.28. The van der Waals surface area contributed by atoms with E-state index < -0.39 is 11.3 Å². The molecule has 1 atom stereocenters. The fraction of sp³-hybridized carbons (Fsp3) is 0.643. The maximum Gasteiger partial charge on any atom is 0.311 e. The third-order valence-electron chi connectivity index (χ3n) is 2.86. The molecule has 5 nitrogen and oxygen atoms in total. The van der Waals surface area contributed by atoms with Gasteiger partial charge in [-0.3, -0.25) is 14.6 Å². The third kappa shape index (κ3) is 3.91. The van der Waals surface area contributed by atoms with Crippen LogP contribution in [-0.4, -0.2) is 29.7 Å². The van der Waals surface area contributed by atoms with Crippen molar-refractivity contribution in [2.24, 2.45) is 16.3 Å². The number of rotatable bonds is 4. The predicted molar refractivity (Wildman–Crippen MR) is 72.0 cm³/mol. The number of carbonyl (C=O) groups is 2. The van der Waals surface area contributed by atoms with Gasteiger partial charge in [-0.25, -0.2) is 0 Å². The topological polar surface area (TPSA) is 76.0 Å². The van der Waals surface area contributed by atoms with Gasteiger partial charge in [0.25, 0.3) is 0 Å². The van der Waals surface area contributed by atoms with Crippen molar-refractivity contribution in [2.75, 3.05) is 6.61 Å². The van der Waals surface area contributed by atoms with Crippen LogP contribution in [0, 0.1) is 11.3 Å². The van der Waals surface area contributed by atoms with Crippen LogP contribution in [0.15, 0.2) is 16.4 Å². The monoisotopic (exact) mass is 267 g/mol. The Morgan fingerprint density at radius 3 is 2.63 bits per heavy atom. The van der Waals surface area contributed by atoms with Crippen LogP contribution in [0.2, 0.25) is 0 Å². The molecule has 1 heterocycles. The summed E-state index contributed by atoms with van der Waals surface area (Å²) < 4.78 is 5.10. The summed E-state index contributed by atoms with van der Waals surface area (Å²) >= 11 is 0. The second kappa shape index (κ2) is 5.99. The van der Waals surface area contributed by atoms with E-state index in [4.69, 9.17) is 4.74 Å². The molecule has 1 unspecified atom stereocenters. The highest BCUT2D eigenvalue weighted by molar-refractivity contribution is 6.06. The van der Waals surface area contributed by atoms with Gasteiger partial charge in [-0.1, -0.05) is 6.92 Å². The Labute approximate surface area is 113 Å². The van der Waals surface area contributed by atoms with Crippen LogP contribution in [0.4, 0.5) is 0 Å². The number of aliphatic hydroxyl groups excluding tert-OH is 1. The van der Waals surface area contributed by atoms with E-state index in [9.17, 15) is 14.7 Å². The minimum Gasteiger partial charge on any atom is -0.503 e. The quantitative estimate of drug-likeness (QED) is 0.794. The fourth-order valence-electron chi connectivity index (χ4n) is 1.59. The lowest BCUT2D eigenvalue weighted by Crippen LogP contribution is -2.27. The zero-order valence-electron chi connectivity index (χ0n) is 11.9. The number of ketones is 1. The second-order valence-corrected chi connectivity index (χ2v) is 5.57. The van der Waals surface area contributed by atoms with E-state index in [2.05, 4.69) is 4.99 Å². The molecular formula is C14H21NO4. The fourth-order valence-corrected chi connectivity index (χ4v) is 1.59. The first-order valence-electron chi connectivity index (χ1n) is 6.45. The van der Waals surface area contributed by atoms with Crippen LogP contribution < -0.4 is 0 Å². The van der Waals surface area contributed by atoms with Crippen LogP contribution in [0.1, 0.15) is 40.5 Å². The van der Waals surface area contributed by atoms with Crippen molar-refractivity contribution in [2.45, 2.75) is 40.5 Å². The Bertz CT molecular complexity index is 429. The number of allylic oxidation sites excluding steroid dienone is 2. The maximum absolute atomic E-state index is 11.8. The molecule has 0 bridgehead atoms. The molecule has 1 N–H and O–H groups in total. The number of aliphatic hydroxyl groups is 1. The molecule has 0 saturated heterocycles. The standard InChI is InChI=1S/C14H21NO4/c1-5-10-12(17)11(16)9(8-15-10)6-7-19-13(18)14(2,3)4/h8-9,17H,5-7H2,1-4H3. The average Bonchev–Trinajstić information content (AvgIpc) is 2.33. The molecule has 1 aliphatic heterocycles. The van der Waals surface area contributed by atoms with E-state index in [1.807, 2.05) is 6.92 Å². The van der Waals surface area contributed by atoms with Crippen LogP contribution in [-0.2, 0) is 14.3 Å². The number of hydrogen-bond donors (Lipinski definition) is 1. The molecule has 5 heteroatoms. The Hall–Kier alpha value is -1.65. The van der Waals surface area contributed by atoms with Crippen molar-refractivity contribution >= 4 is 18.0 Å². The van der Waals surface area contributed by atoms with Gasteiger partial charge < -0.3 is 9.84 Å². The van der Waals surface area contributed by atoms with E-state index >= 15 is 0 Å². The number of Topliss-reactive ketones (excluding diaryl/α,β-unsaturated/α-hetero) is 1. The molecule has 0 aliphatic carbocycles. The van der Waals surface area contributed by atoms with E-state index in [-0.39, 0.29) is 24.1 Å². The SMILES string of the molecule is CCC1=C(O)C(=O)C(CCOC(=O)C(C)(C)C)C=N1. The molecule has 0 saturated carbocycles. The van der Waals surface area contributed by atoms with Gasteiger partial charge in [0.05, 0.1) is 23.6 Å². The minimum absolute atomic E-state index is 0.146. The lowest BCUT2D eigenvalue weighted by molar-refractivity contribution is -0.153. The summed E-state index contributed by atoms with van der Waals surface area (Å²) in [6.07, 6.45) is 2.37. The molecule has 0 aromatic carbocycles. The summed E-state index contributed by atoms with van der Waals surface area (Å²) in [6.45, 7) is 7.27. The molecule has 106 valence electrons. The Morgan fingerprint density at radius 1 is 1.47 bits per heavy atom. The summed E-state index contributed by atoms with van der Waals surface area (Å²) in [7, 11) is 0. The van der Waals surface area contributed by atoms with Crippen LogP contribution >= 0.6 is 0 Å². The molecule has 0 amide bonds. The van der Waals surface area contributed by atoms with Crippen molar-refractivity contribution in [3.63, 3.8) is 0 Å². The normalized spacial score (nSPS) is 19.8. The second-order valence-electron chi connectivity index (χ2n) is 5.57. The number of esters is 1. The Balaban J connectivity index is 2.50. The van der Waals surface area contributed by atoms with Crippen LogP contribution in [0.5, 0.6) is 0 Å². The first-order valence-corrected chi connectivity index (χ1v) is 6.45. The van der Waals surface area contributed by atoms with Gasteiger partial charge in [0.2, 0.25) is 5.78 Å². The number of carbonyl (C=O) groups excluding carboxylic acids is 2. The smallest absolute Gasteiger partial charge is 0.311 e. The summed E-state index contributed by atoms with van der Waals surface area (Å²) in [6, 6.07) is 0. The number of aliphatic imine (C=N–C) groups is 1. The lowest BCUT2D eigenvalue weighted by Gasteiger charge is -2.19. The molecule has 1 aliphatic rings. The zero-order valence-corrected chi connectivity index (χ0v) is 11.9. The summed E-state index contributed by atoms with van der Waals surface area (Å²) in [5.41, 5.74) is -0.143. The lowest BCUT2D eigenvalue weighted by atomic mass is 9.96. The van der Waals surface area contributed by atoms with Gasteiger partial charge in [0.1, 0.15) is 0 Å². The van der Waals surface area contributed by atoms with Crippen molar-refractivity contribution < 1.29 is 19.4 Å². The van der Waals surface area contributed by atoms with E-state index in [1.165, 1.54) is 6.21 Å². The molecule has 0 radical (unpaired) electrons. The maximum atomic E-state index is 11.8. The van der Waals surface area contributed by atoms with Gasteiger partial charge in [-0.05, 0) is 33.6 Å². The summed E-state index contributed by atoms with van der Waals surface area (Å²) in [4.78, 5) is 27.4. The Kier molecular flexibility index (Phi) is 4.86. The Morgan fingerprint density at radius 2 is 2.11 bits per heavy atom. The minimum atomic E-state index is -0.553. The summed E-state index contributed by atoms with van der Waals surface area (Å²) in [5.74, 6) is -1.43. The summed E-state index contributed by atoms with van der Waals surface area (Å²) in [5, 5.41) is 9.65.